The molecule has 0 aliphatic rings. The maximum absolute atomic E-state index is 6.01. The van der Waals surface area contributed by atoms with Gasteiger partial charge in [-0.15, -0.1) is 0 Å². The summed E-state index contributed by atoms with van der Waals surface area (Å²) in [6.45, 7) is 7.34. The Hall–Kier alpha value is -0.800. The first kappa shape index (κ1) is 13.3. The summed E-state index contributed by atoms with van der Waals surface area (Å²) < 4.78 is 5.35. The molecule has 1 unspecified atom stereocenters. The van der Waals surface area contributed by atoms with E-state index >= 15 is 0 Å². The lowest BCUT2D eigenvalue weighted by molar-refractivity contribution is 0.245. The molecule has 0 fully saturated rings. The summed E-state index contributed by atoms with van der Waals surface area (Å²) in [5.41, 5.74) is 6.01. The second kappa shape index (κ2) is 7.47. The average Bonchev–Trinajstić information content (AvgIpc) is 2.77. The number of rotatable bonds is 8. The molecule has 3 heteroatoms. The molecule has 0 aliphatic heterocycles. The highest BCUT2D eigenvalue weighted by Crippen LogP contribution is 2.07. The van der Waals surface area contributed by atoms with E-state index in [1.807, 2.05) is 12.1 Å². The van der Waals surface area contributed by atoms with Crippen molar-refractivity contribution in [3.8, 4) is 0 Å². The summed E-state index contributed by atoms with van der Waals surface area (Å²) in [6.07, 6.45) is 5.10. The summed E-state index contributed by atoms with van der Waals surface area (Å²) in [4.78, 5) is 2.37. The third kappa shape index (κ3) is 4.81. The fourth-order valence-electron chi connectivity index (χ4n) is 1.84. The van der Waals surface area contributed by atoms with Crippen molar-refractivity contribution in [3.63, 3.8) is 0 Å². The van der Waals surface area contributed by atoms with Crippen LogP contribution in [0.4, 0.5) is 0 Å². The van der Waals surface area contributed by atoms with Crippen molar-refractivity contribution >= 4 is 0 Å². The number of nitrogens with two attached hydrogens (primary N) is 1. The molecule has 1 heterocycles. The van der Waals surface area contributed by atoms with Gasteiger partial charge in [-0.3, -0.25) is 4.90 Å². The van der Waals surface area contributed by atoms with E-state index in [9.17, 15) is 0 Å². The number of nitrogens with zero attached hydrogens (tertiary/aromatic N) is 1. The fourth-order valence-corrected chi connectivity index (χ4v) is 1.84. The van der Waals surface area contributed by atoms with Gasteiger partial charge in [0.05, 0.1) is 12.8 Å². The van der Waals surface area contributed by atoms with Crippen LogP contribution in [-0.4, -0.2) is 24.0 Å². The predicted octanol–water partition coefficient (Wildman–Crippen LogP) is 2.62. The molecular formula is C13H24N2O. The molecule has 16 heavy (non-hydrogen) atoms. The lowest BCUT2D eigenvalue weighted by atomic mass is 10.1. The van der Waals surface area contributed by atoms with Gasteiger partial charge in [0.1, 0.15) is 5.76 Å². The predicted molar refractivity (Wildman–Crippen MR) is 67.2 cm³/mol. The third-order valence-corrected chi connectivity index (χ3v) is 2.88. The Morgan fingerprint density at radius 1 is 1.38 bits per heavy atom. The summed E-state index contributed by atoms with van der Waals surface area (Å²) in [5, 5.41) is 0. The van der Waals surface area contributed by atoms with E-state index in [1.54, 1.807) is 6.26 Å². The van der Waals surface area contributed by atoms with Crippen molar-refractivity contribution < 1.29 is 4.42 Å². The highest BCUT2D eigenvalue weighted by molar-refractivity contribution is 4.97. The van der Waals surface area contributed by atoms with Crippen LogP contribution in [0.2, 0.25) is 0 Å². The van der Waals surface area contributed by atoms with Crippen molar-refractivity contribution in [1.82, 2.24) is 4.90 Å². The van der Waals surface area contributed by atoms with E-state index in [2.05, 4.69) is 18.7 Å². The number of hydrogen-bond acceptors (Lipinski definition) is 3. The Kier molecular flexibility index (Phi) is 6.19. The molecule has 3 nitrogen and oxygen atoms in total. The molecule has 1 aromatic rings. The maximum Gasteiger partial charge on any atom is 0.117 e. The normalized spacial score (nSPS) is 13.2. The van der Waals surface area contributed by atoms with Gasteiger partial charge in [-0.1, -0.05) is 20.3 Å². The van der Waals surface area contributed by atoms with Crippen LogP contribution in [0.3, 0.4) is 0 Å². The summed E-state index contributed by atoms with van der Waals surface area (Å²) in [6, 6.07) is 4.30. The zero-order valence-corrected chi connectivity index (χ0v) is 10.5. The molecule has 0 aromatic carbocycles. The molecule has 0 saturated carbocycles. The topological polar surface area (TPSA) is 42.4 Å². The quantitative estimate of drug-likeness (QED) is 0.738. The first-order valence-corrected chi connectivity index (χ1v) is 6.26. The van der Waals surface area contributed by atoms with Crippen molar-refractivity contribution in [1.29, 1.82) is 0 Å². The van der Waals surface area contributed by atoms with Gasteiger partial charge in [0.2, 0.25) is 0 Å². The van der Waals surface area contributed by atoms with E-state index < -0.39 is 0 Å². The Balaban J connectivity index is 2.26. The second-order valence-corrected chi connectivity index (χ2v) is 4.29. The van der Waals surface area contributed by atoms with E-state index in [4.69, 9.17) is 10.2 Å². The molecule has 92 valence electrons. The Morgan fingerprint density at radius 2 is 2.19 bits per heavy atom. The van der Waals surface area contributed by atoms with Crippen LogP contribution in [0, 0.1) is 0 Å². The van der Waals surface area contributed by atoms with E-state index in [0.29, 0.717) is 6.04 Å². The Labute approximate surface area is 98.6 Å². The van der Waals surface area contributed by atoms with Crippen LogP contribution >= 0.6 is 0 Å². The van der Waals surface area contributed by atoms with Gasteiger partial charge < -0.3 is 10.2 Å². The molecule has 1 aromatic heterocycles. The largest absolute Gasteiger partial charge is 0.468 e. The van der Waals surface area contributed by atoms with Gasteiger partial charge >= 0.3 is 0 Å². The third-order valence-electron chi connectivity index (χ3n) is 2.88. The van der Waals surface area contributed by atoms with E-state index in [0.717, 1.165) is 38.2 Å². The van der Waals surface area contributed by atoms with Crippen molar-refractivity contribution in [2.45, 2.75) is 45.7 Å². The lowest BCUT2D eigenvalue weighted by Gasteiger charge is -2.21. The fraction of sp³-hybridized carbons (Fsp3) is 0.692. The minimum Gasteiger partial charge on any atom is -0.468 e. The molecule has 0 bridgehead atoms. The Morgan fingerprint density at radius 3 is 2.75 bits per heavy atom. The lowest BCUT2D eigenvalue weighted by Crippen LogP contribution is -2.30. The van der Waals surface area contributed by atoms with E-state index in [1.165, 1.54) is 6.42 Å². The highest BCUT2D eigenvalue weighted by atomic mass is 16.3. The summed E-state index contributed by atoms with van der Waals surface area (Å²) >= 11 is 0. The van der Waals surface area contributed by atoms with Crippen molar-refractivity contribution in [2.75, 3.05) is 13.1 Å². The van der Waals surface area contributed by atoms with Crippen molar-refractivity contribution in [3.05, 3.63) is 24.2 Å². The molecule has 1 atom stereocenters. The molecule has 0 spiro atoms. The molecule has 1 rings (SSSR count). The van der Waals surface area contributed by atoms with Gasteiger partial charge in [-0.05, 0) is 31.5 Å². The maximum atomic E-state index is 6.01. The van der Waals surface area contributed by atoms with Gasteiger partial charge in [0.15, 0.2) is 0 Å². The van der Waals surface area contributed by atoms with Crippen LogP contribution in [0.1, 0.15) is 38.9 Å². The molecule has 0 aliphatic carbocycles. The minimum absolute atomic E-state index is 0.343. The summed E-state index contributed by atoms with van der Waals surface area (Å²) in [7, 11) is 0. The van der Waals surface area contributed by atoms with E-state index in [-0.39, 0.29) is 0 Å². The minimum atomic E-state index is 0.343. The number of hydrogen-bond donors (Lipinski definition) is 1. The first-order chi connectivity index (χ1) is 7.76. The van der Waals surface area contributed by atoms with Crippen LogP contribution in [0.25, 0.3) is 0 Å². The standard InChI is InChI=1S/C13H24N2O/c1-3-6-12(14)8-9-15(4-2)11-13-7-5-10-16-13/h5,7,10,12H,3-4,6,8-9,11,14H2,1-2H3. The van der Waals surface area contributed by atoms with Crippen LogP contribution in [0.5, 0.6) is 0 Å². The van der Waals surface area contributed by atoms with Crippen LogP contribution in [0.15, 0.2) is 22.8 Å². The van der Waals surface area contributed by atoms with Gasteiger partial charge in [-0.25, -0.2) is 0 Å². The first-order valence-electron chi connectivity index (χ1n) is 6.26. The molecule has 0 radical (unpaired) electrons. The molecule has 0 amide bonds. The van der Waals surface area contributed by atoms with Gasteiger partial charge in [0.25, 0.3) is 0 Å². The summed E-state index contributed by atoms with van der Waals surface area (Å²) in [5.74, 6) is 1.03. The van der Waals surface area contributed by atoms with Crippen LogP contribution in [-0.2, 0) is 6.54 Å². The smallest absolute Gasteiger partial charge is 0.117 e. The molecule has 2 N–H and O–H groups in total. The molecular weight excluding hydrogens is 200 g/mol. The SMILES string of the molecule is CCCC(N)CCN(CC)Cc1ccco1. The van der Waals surface area contributed by atoms with Gasteiger partial charge in [0, 0.05) is 12.6 Å². The van der Waals surface area contributed by atoms with Crippen molar-refractivity contribution in [2.24, 2.45) is 5.73 Å². The zero-order valence-electron chi connectivity index (χ0n) is 10.5. The average molecular weight is 224 g/mol. The zero-order chi connectivity index (χ0) is 11.8. The monoisotopic (exact) mass is 224 g/mol. The van der Waals surface area contributed by atoms with Gasteiger partial charge in [-0.2, -0.15) is 0 Å². The number of furan rings is 1. The second-order valence-electron chi connectivity index (χ2n) is 4.29. The highest BCUT2D eigenvalue weighted by Gasteiger charge is 2.08. The Bertz CT molecular complexity index is 259. The van der Waals surface area contributed by atoms with Crippen LogP contribution < -0.4 is 5.73 Å². The molecule has 0 saturated heterocycles.